The molecule has 1 atom stereocenters. The van der Waals surface area contributed by atoms with Crippen molar-refractivity contribution in [1.29, 1.82) is 0 Å². The number of fused-ring (bicyclic) bond motifs is 1. The lowest BCUT2D eigenvalue weighted by Gasteiger charge is -2.17. The van der Waals surface area contributed by atoms with Gasteiger partial charge in [0.1, 0.15) is 17.1 Å². The molecule has 2 N–H and O–H groups in total. The first-order chi connectivity index (χ1) is 16.1. The molecule has 1 aromatic heterocycles. The van der Waals surface area contributed by atoms with Gasteiger partial charge in [0, 0.05) is 5.39 Å². The fraction of sp³-hybridized carbons (Fsp3) is 0.154. The van der Waals surface area contributed by atoms with Gasteiger partial charge in [-0.05, 0) is 47.5 Å². The predicted octanol–water partition coefficient (Wildman–Crippen LogP) is 3.70. The van der Waals surface area contributed by atoms with Crippen LogP contribution in [0.15, 0.2) is 88.1 Å². The number of ether oxygens (including phenoxy) is 2. The summed E-state index contributed by atoms with van der Waals surface area (Å²) in [5, 5.41) is 13.1. The fourth-order valence-corrected chi connectivity index (χ4v) is 3.47. The van der Waals surface area contributed by atoms with Crippen LogP contribution < -0.4 is 20.4 Å². The third kappa shape index (κ3) is 5.22. The number of hydrogen-bond acceptors (Lipinski definition) is 6. The summed E-state index contributed by atoms with van der Waals surface area (Å²) in [7, 11) is 1.58. The largest absolute Gasteiger partial charge is 0.497 e. The Kier molecular flexibility index (Phi) is 6.71. The lowest BCUT2D eigenvalue weighted by atomic mass is 10.1. The van der Waals surface area contributed by atoms with Gasteiger partial charge in [-0.2, -0.15) is 0 Å². The lowest BCUT2D eigenvalue weighted by molar-refractivity contribution is -0.124. The van der Waals surface area contributed by atoms with Crippen molar-refractivity contribution in [3.8, 4) is 22.6 Å². The highest BCUT2D eigenvalue weighted by atomic mass is 16.5. The Balaban J connectivity index is 1.43. The van der Waals surface area contributed by atoms with Crippen molar-refractivity contribution in [2.75, 3.05) is 20.3 Å². The van der Waals surface area contributed by atoms with Crippen molar-refractivity contribution in [1.82, 2.24) is 5.32 Å². The van der Waals surface area contributed by atoms with Gasteiger partial charge in [-0.25, -0.2) is 4.79 Å². The minimum absolute atomic E-state index is 0.208. The highest BCUT2D eigenvalue weighted by Crippen LogP contribution is 2.25. The highest BCUT2D eigenvalue weighted by Gasteiger charge is 2.14. The second-order valence-electron chi connectivity index (χ2n) is 7.38. The van der Waals surface area contributed by atoms with E-state index in [2.05, 4.69) is 5.32 Å². The third-order valence-corrected chi connectivity index (χ3v) is 5.19. The van der Waals surface area contributed by atoms with Gasteiger partial charge < -0.3 is 24.3 Å². The summed E-state index contributed by atoms with van der Waals surface area (Å²) >= 11 is 0. The maximum atomic E-state index is 12.4. The Labute approximate surface area is 190 Å². The normalized spacial score (nSPS) is 11.7. The van der Waals surface area contributed by atoms with Crippen molar-refractivity contribution in [3.05, 3.63) is 94.8 Å². The van der Waals surface area contributed by atoms with Gasteiger partial charge in [0.05, 0.1) is 25.3 Å². The van der Waals surface area contributed by atoms with Crippen molar-refractivity contribution >= 4 is 16.9 Å². The summed E-state index contributed by atoms with van der Waals surface area (Å²) in [6.07, 6.45) is 0. The fourth-order valence-electron chi connectivity index (χ4n) is 3.47. The van der Waals surface area contributed by atoms with Crippen LogP contribution in [0.5, 0.6) is 11.5 Å². The molecule has 0 aliphatic rings. The summed E-state index contributed by atoms with van der Waals surface area (Å²) in [5.41, 5.74) is 1.91. The molecule has 33 heavy (non-hydrogen) atoms. The second-order valence-corrected chi connectivity index (χ2v) is 7.38. The molecular weight excluding hydrogens is 422 g/mol. The summed E-state index contributed by atoms with van der Waals surface area (Å²) in [5.74, 6) is 0.784. The van der Waals surface area contributed by atoms with Gasteiger partial charge in [-0.1, -0.05) is 42.5 Å². The Morgan fingerprint density at radius 3 is 2.42 bits per heavy atom. The third-order valence-electron chi connectivity index (χ3n) is 5.19. The minimum atomic E-state index is -0.504. The van der Waals surface area contributed by atoms with Crippen molar-refractivity contribution in [2.45, 2.75) is 6.04 Å². The first-order valence-corrected chi connectivity index (χ1v) is 10.4. The van der Waals surface area contributed by atoms with Gasteiger partial charge in [0.2, 0.25) is 0 Å². The Morgan fingerprint density at radius 2 is 1.73 bits per heavy atom. The first kappa shape index (κ1) is 22.1. The Morgan fingerprint density at radius 1 is 1.00 bits per heavy atom. The molecule has 1 heterocycles. The molecule has 0 saturated heterocycles. The lowest BCUT2D eigenvalue weighted by Crippen LogP contribution is -2.34. The molecule has 7 heteroatoms. The van der Waals surface area contributed by atoms with Crippen LogP contribution in [0, 0.1) is 0 Å². The SMILES string of the molecule is COc1ccc2oc(=O)c(-c3ccc(OCC(=O)N[C@H](CO)c4ccccc4)cc3)cc2c1. The van der Waals surface area contributed by atoms with Gasteiger partial charge in [0.25, 0.3) is 5.91 Å². The van der Waals surface area contributed by atoms with E-state index in [1.165, 1.54) is 0 Å². The van der Waals surface area contributed by atoms with Gasteiger partial charge in [-0.3, -0.25) is 4.79 Å². The van der Waals surface area contributed by atoms with Gasteiger partial charge in [0.15, 0.2) is 6.61 Å². The average molecular weight is 445 g/mol. The first-order valence-electron chi connectivity index (χ1n) is 10.4. The quantitative estimate of drug-likeness (QED) is 0.402. The molecule has 1 amide bonds. The zero-order chi connectivity index (χ0) is 23.2. The number of carbonyl (C=O) groups is 1. The standard InChI is InChI=1S/C26H23NO6/c1-31-21-11-12-24-19(13-21)14-22(26(30)33-24)17-7-9-20(10-8-17)32-16-25(29)27-23(15-28)18-5-3-2-4-6-18/h2-14,23,28H,15-16H2,1H3,(H,27,29)/t23-/m1/s1. The molecule has 0 unspecified atom stereocenters. The van der Waals surface area contributed by atoms with E-state index in [-0.39, 0.29) is 19.1 Å². The van der Waals surface area contributed by atoms with Crippen molar-refractivity contribution < 1.29 is 23.8 Å². The summed E-state index contributed by atoms with van der Waals surface area (Å²) in [4.78, 5) is 24.7. The van der Waals surface area contributed by atoms with Crippen LogP contribution in [0.2, 0.25) is 0 Å². The van der Waals surface area contributed by atoms with Crippen molar-refractivity contribution in [3.63, 3.8) is 0 Å². The summed E-state index contributed by atoms with van der Waals surface area (Å²) in [6, 6.07) is 22.5. The monoisotopic (exact) mass is 445 g/mol. The van der Waals surface area contributed by atoms with Gasteiger partial charge in [-0.15, -0.1) is 0 Å². The molecule has 0 spiro atoms. The van der Waals surface area contributed by atoms with E-state index >= 15 is 0 Å². The Bertz CT molecular complexity index is 1300. The van der Waals surface area contributed by atoms with Crippen LogP contribution in [0.4, 0.5) is 0 Å². The van der Waals surface area contributed by atoms with E-state index in [4.69, 9.17) is 13.9 Å². The average Bonchev–Trinajstić information content (AvgIpc) is 2.86. The smallest absolute Gasteiger partial charge is 0.344 e. The molecule has 3 aromatic carbocycles. The van der Waals surface area contributed by atoms with E-state index in [9.17, 15) is 14.7 Å². The molecule has 4 rings (SSSR count). The number of aliphatic hydroxyl groups excluding tert-OH is 1. The van der Waals surface area contributed by atoms with Crippen LogP contribution in [0.1, 0.15) is 11.6 Å². The molecular formula is C26H23NO6. The highest BCUT2D eigenvalue weighted by molar-refractivity contribution is 5.83. The minimum Gasteiger partial charge on any atom is -0.497 e. The van der Waals surface area contributed by atoms with E-state index in [0.29, 0.717) is 28.2 Å². The topological polar surface area (TPSA) is 98.0 Å². The molecule has 0 aliphatic heterocycles. The molecule has 0 fully saturated rings. The van der Waals surface area contributed by atoms with Gasteiger partial charge >= 0.3 is 5.63 Å². The number of nitrogens with one attached hydrogen (secondary N) is 1. The number of hydrogen-bond donors (Lipinski definition) is 2. The van der Waals surface area contributed by atoms with E-state index in [0.717, 1.165) is 10.9 Å². The zero-order valence-corrected chi connectivity index (χ0v) is 18.0. The molecule has 7 nitrogen and oxygen atoms in total. The van der Waals surface area contributed by atoms with Crippen LogP contribution in [-0.2, 0) is 4.79 Å². The second kappa shape index (κ2) is 10.0. The molecule has 4 aromatic rings. The predicted molar refractivity (Wildman–Crippen MR) is 124 cm³/mol. The van der Waals surface area contributed by atoms with E-state index in [1.54, 1.807) is 55.6 Å². The van der Waals surface area contributed by atoms with E-state index < -0.39 is 11.7 Å². The molecule has 0 bridgehead atoms. The summed E-state index contributed by atoms with van der Waals surface area (Å²) < 4.78 is 16.2. The number of methoxy groups -OCH3 is 1. The number of rotatable bonds is 8. The van der Waals surface area contributed by atoms with Crippen LogP contribution in [-0.4, -0.2) is 31.3 Å². The van der Waals surface area contributed by atoms with Crippen LogP contribution in [0.3, 0.4) is 0 Å². The molecule has 0 radical (unpaired) electrons. The van der Waals surface area contributed by atoms with Crippen LogP contribution >= 0.6 is 0 Å². The van der Waals surface area contributed by atoms with Crippen LogP contribution in [0.25, 0.3) is 22.1 Å². The summed E-state index contributed by atoms with van der Waals surface area (Å²) in [6.45, 7) is -0.425. The molecule has 0 aliphatic carbocycles. The number of benzene rings is 3. The Hall–Kier alpha value is -4.10. The number of aliphatic hydroxyl groups is 1. The number of amides is 1. The number of carbonyl (C=O) groups excluding carboxylic acids is 1. The maximum Gasteiger partial charge on any atom is 0.344 e. The zero-order valence-electron chi connectivity index (χ0n) is 18.0. The van der Waals surface area contributed by atoms with E-state index in [1.807, 2.05) is 30.3 Å². The molecule has 168 valence electrons. The van der Waals surface area contributed by atoms with Crippen molar-refractivity contribution in [2.24, 2.45) is 0 Å². The maximum absolute atomic E-state index is 12.4. The molecule has 0 saturated carbocycles.